The summed E-state index contributed by atoms with van der Waals surface area (Å²) in [4.78, 5) is 11.1. The molecule has 1 aliphatic carbocycles. The molecule has 0 amide bonds. The summed E-state index contributed by atoms with van der Waals surface area (Å²) in [6, 6.07) is 12.3. The molecule has 2 aromatic carbocycles. The van der Waals surface area contributed by atoms with Crippen LogP contribution in [-0.4, -0.2) is 17.6 Å². The molecule has 0 spiro atoms. The van der Waals surface area contributed by atoms with Crippen molar-refractivity contribution in [3.8, 4) is 0 Å². The van der Waals surface area contributed by atoms with Gasteiger partial charge in [-0.1, -0.05) is 43.2 Å². The second-order valence-electron chi connectivity index (χ2n) is 7.18. The fraction of sp³-hybridized carbons (Fsp3) is 0.381. The lowest BCUT2D eigenvalue weighted by Gasteiger charge is -2.31. The molecule has 0 aliphatic heterocycles. The van der Waals surface area contributed by atoms with Gasteiger partial charge in [0.15, 0.2) is 0 Å². The predicted molar refractivity (Wildman–Crippen MR) is 96.7 cm³/mol. The number of carbonyl (C=O) groups is 1. The van der Waals surface area contributed by atoms with Gasteiger partial charge in [0.1, 0.15) is 0 Å². The van der Waals surface area contributed by atoms with Crippen molar-refractivity contribution in [1.82, 2.24) is 5.32 Å². The van der Waals surface area contributed by atoms with Gasteiger partial charge >= 0.3 is 12.1 Å². The van der Waals surface area contributed by atoms with E-state index in [1.54, 1.807) is 18.2 Å². The average molecular weight is 377 g/mol. The Labute approximate surface area is 156 Å². The number of aromatic carboxylic acids is 1. The first-order valence-corrected chi connectivity index (χ1v) is 9.01. The van der Waals surface area contributed by atoms with Gasteiger partial charge < -0.3 is 10.4 Å². The van der Waals surface area contributed by atoms with Crippen LogP contribution in [0.4, 0.5) is 13.2 Å². The van der Waals surface area contributed by atoms with Crippen molar-refractivity contribution in [2.45, 2.75) is 43.8 Å². The third-order valence-electron chi connectivity index (χ3n) is 5.33. The summed E-state index contributed by atoms with van der Waals surface area (Å²) in [5.41, 5.74) is 0.864. The molecule has 0 heterocycles. The Balaban J connectivity index is 1.74. The monoisotopic (exact) mass is 377 g/mol. The van der Waals surface area contributed by atoms with E-state index < -0.39 is 17.7 Å². The number of halogens is 3. The highest BCUT2D eigenvalue weighted by molar-refractivity contribution is 5.87. The Hall–Kier alpha value is -2.34. The first kappa shape index (κ1) is 19.4. The second-order valence-corrected chi connectivity index (χ2v) is 7.18. The highest BCUT2D eigenvalue weighted by Crippen LogP contribution is 2.42. The average Bonchev–Trinajstić information content (AvgIpc) is 3.11. The maximum Gasteiger partial charge on any atom is 0.416 e. The zero-order valence-corrected chi connectivity index (χ0v) is 14.9. The summed E-state index contributed by atoms with van der Waals surface area (Å²) < 4.78 is 39.3. The van der Waals surface area contributed by atoms with Crippen LogP contribution in [0.15, 0.2) is 48.5 Å². The quantitative estimate of drug-likeness (QED) is 0.744. The molecule has 0 atom stereocenters. The van der Waals surface area contributed by atoms with Crippen molar-refractivity contribution in [2.24, 2.45) is 0 Å². The van der Waals surface area contributed by atoms with Crippen molar-refractivity contribution in [3.63, 3.8) is 0 Å². The van der Waals surface area contributed by atoms with E-state index in [2.05, 4.69) is 5.32 Å². The number of nitrogens with one attached hydrogen (secondary N) is 1. The largest absolute Gasteiger partial charge is 0.478 e. The van der Waals surface area contributed by atoms with Gasteiger partial charge in [-0.3, -0.25) is 0 Å². The lowest BCUT2D eigenvalue weighted by atomic mass is 9.78. The molecule has 1 saturated carbocycles. The molecule has 6 heteroatoms. The molecule has 1 aliphatic rings. The Kier molecular flexibility index (Phi) is 5.56. The zero-order chi connectivity index (χ0) is 19.5. The van der Waals surface area contributed by atoms with Crippen molar-refractivity contribution in [1.29, 1.82) is 0 Å². The first-order chi connectivity index (χ1) is 12.8. The lowest BCUT2D eigenvalue weighted by molar-refractivity contribution is -0.137. The van der Waals surface area contributed by atoms with E-state index in [9.17, 15) is 18.0 Å². The van der Waals surface area contributed by atoms with Crippen LogP contribution in [0.2, 0.25) is 0 Å². The van der Waals surface area contributed by atoms with Gasteiger partial charge in [0, 0.05) is 18.5 Å². The molecule has 27 heavy (non-hydrogen) atoms. The van der Waals surface area contributed by atoms with Crippen LogP contribution in [0.25, 0.3) is 0 Å². The van der Waals surface area contributed by atoms with Crippen molar-refractivity contribution >= 4 is 5.97 Å². The molecule has 3 rings (SSSR count). The highest BCUT2D eigenvalue weighted by atomic mass is 19.4. The summed E-state index contributed by atoms with van der Waals surface area (Å²) in [5.74, 6) is -0.979. The van der Waals surface area contributed by atoms with Crippen LogP contribution in [0, 0.1) is 0 Å². The summed E-state index contributed by atoms with van der Waals surface area (Å²) >= 11 is 0. The van der Waals surface area contributed by atoms with Crippen LogP contribution in [0.1, 0.15) is 52.7 Å². The zero-order valence-electron chi connectivity index (χ0n) is 14.9. The molecule has 2 aromatic rings. The Morgan fingerprint density at radius 3 is 2.44 bits per heavy atom. The van der Waals surface area contributed by atoms with E-state index in [0.717, 1.165) is 42.9 Å². The van der Waals surface area contributed by atoms with Crippen molar-refractivity contribution in [3.05, 3.63) is 70.8 Å². The fourth-order valence-electron chi connectivity index (χ4n) is 3.91. The number of hydrogen-bond acceptors (Lipinski definition) is 2. The summed E-state index contributed by atoms with van der Waals surface area (Å²) in [6.45, 7) is 1.04. The Morgan fingerprint density at radius 2 is 1.78 bits per heavy atom. The van der Waals surface area contributed by atoms with Crippen LogP contribution < -0.4 is 5.32 Å². The molecule has 2 N–H and O–H groups in total. The summed E-state index contributed by atoms with van der Waals surface area (Å²) in [7, 11) is 0. The molecule has 0 radical (unpaired) electrons. The van der Waals surface area contributed by atoms with E-state index in [1.807, 2.05) is 6.07 Å². The number of benzene rings is 2. The van der Waals surface area contributed by atoms with Crippen LogP contribution in [-0.2, 0) is 18.1 Å². The van der Waals surface area contributed by atoms with Gasteiger partial charge in [0.2, 0.25) is 0 Å². The van der Waals surface area contributed by atoms with Gasteiger partial charge in [-0.25, -0.2) is 4.79 Å². The van der Waals surface area contributed by atoms with Crippen LogP contribution in [0.3, 0.4) is 0 Å². The summed E-state index contributed by atoms with van der Waals surface area (Å²) in [6.07, 6.45) is -0.674. The third kappa shape index (κ3) is 4.50. The normalized spacial score (nSPS) is 16.4. The van der Waals surface area contributed by atoms with Gasteiger partial charge in [-0.2, -0.15) is 13.2 Å². The minimum absolute atomic E-state index is 0.225. The molecular formula is C21H22F3NO2. The Bertz CT molecular complexity index is 811. The standard InChI is InChI=1S/C21H22F3NO2/c22-21(23,24)18-8-4-7-17(12-18)20(9-1-2-10-20)14-25-13-15-5-3-6-16(11-15)19(26)27/h3-8,11-12,25H,1-2,9-10,13-14H2,(H,26,27). The topological polar surface area (TPSA) is 49.3 Å². The molecule has 0 bridgehead atoms. The number of carboxylic acids is 1. The number of carboxylic acid groups (broad SMARTS) is 1. The molecule has 1 fully saturated rings. The molecule has 3 nitrogen and oxygen atoms in total. The van der Waals surface area contributed by atoms with E-state index in [-0.39, 0.29) is 11.0 Å². The smallest absolute Gasteiger partial charge is 0.416 e. The fourth-order valence-corrected chi connectivity index (χ4v) is 3.91. The summed E-state index contributed by atoms with van der Waals surface area (Å²) in [5, 5.41) is 12.4. The minimum atomic E-state index is -4.35. The first-order valence-electron chi connectivity index (χ1n) is 9.01. The van der Waals surface area contributed by atoms with E-state index in [4.69, 9.17) is 5.11 Å². The van der Waals surface area contributed by atoms with E-state index in [1.165, 1.54) is 18.2 Å². The van der Waals surface area contributed by atoms with Crippen LogP contribution in [0.5, 0.6) is 0 Å². The second kappa shape index (κ2) is 7.72. The third-order valence-corrected chi connectivity index (χ3v) is 5.33. The van der Waals surface area contributed by atoms with Crippen molar-refractivity contribution in [2.75, 3.05) is 6.54 Å². The molecular weight excluding hydrogens is 355 g/mol. The van der Waals surface area contributed by atoms with Gasteiger partial charge in [0.05, 0.1) is 11.1 Å². The van der Waals surface area contributed by atoms with Crippen molar-refractivity contribution < 1.29 is 23.1 Å². The molecule has 144 valence electrons. The lowest BCUT2D eigenvalue weighted by Crippen LogP contribution is -2.36. The highest BCUT2D eigenvalue weighted by Gasteiger charge is 2.37. The SMILES string of the molecule is O=C(O)c1cccc(CNCC2(c3cccc(C(F)(F)F)c3)CCCC2)c1. The molecule has 0 unspecified atom stereocenters. The molecule has 0 saturated heterocycles. The van der Waals surface area contributed by atoms with Gasteiger partial charge in [0.25, 0.3) is 0 Å². The maximum absolute atomic E-state index is 13.1. The maximum atomic E-state index is 13.1. The van der Waals surface area contributed by atoms with Crippen LogP contribution >= 0.6 is 0 Å². The number of rotatable bonds is 6. The van der Waals surface area contributed by atoms with E-state index >= 15 is 0 Å². The predicted octanol–water partition coefficient (Wildman–Crippen LogP) is 5.01. The number of hydrogen-bond donors (Lipinski definition) is 2. The molecule has 0 aromatic heterocycles. The van der Waals surface area contributed by atoms with Gasteiger partial charge in [-0.05, 0) is 42.2 Å². The van der Waals surface area contributed by atoms with E-state index in [0.29, 0.717) is 13.1 Å². The Morgan fingerprint density at radius 1 is 1.07 bits per heavy atom. The van der Waals surface area contributed by atoms with Gasteiger partial charge in [-0.15, -0.1) is 0 Å². The number of alkyl halides is 3. The minimum Gasteiger partial charge on any atom is -0.478 e.